The molecule has 4 heteroatoms. The summed E-state index contributed by atoms with van der Waals surface area (Å²) in [6.07, 6.45) is 28.3. The summed E-state index contributed by atoms with van der Waals surface area (Å²) in [6.45, 7) is 5.17. The van der Waals surface area contributed by atoms with Gasteiger partial charge in [0.15, 0.2) is 0 Å². The van der Waals surface area contributed by atoms with Gasteiger partial charge in [-0.2, -0.15) is 0 Å². The monoisotopic (exact) mass is 468 g/mol. The van der Waals surface area contributed by atoms with Crippen LogP contribution in [0.15, 0.2) is 12.2 Å². The van der Waals surface area contributed by atoms with Crippen molar-refractivity contribution in [3.8, 4) is 0 Å². The van der Waals surface area contributed by atoms with Crippen molar-refractivity contribution < 1.29 is 19.4 Å². The molecule has 0 aliphatic rings. The van der Waals surface area contributed by atoms with Gasteiger partial charge in [0.05, 0.1) is 6.61 Å². The summed E-state index contributed by atoms with van der Waals surface area (Å²) in [5.41, 5.74) is 0. The van der Waals surface area contributed by atoms with Gasteiger partial charge in [-0.1, -0.05) is 109 Å². The topological polar surface area (TPSA) is 55.8 Å². The number of aliphatic hydroxyl groups excluding tert-OH is 1. The van der Waals surface area contributed by atoms with Crippen molar-refractivity contribution in [3.63, 3.8) is 0 Å². The molecule has 0 fully saturated rings. The summed E-state index contributed by atoms with van der Waals surface area (Å²) in [4.78, 5) is 11.9. The summed E-state index contributed by atoms with van der Waals surface area (Å²) in [6, 6.07) is 0. The van der Waals surface area contributed by atoms with Gasteiger partial charge >= 0.3 is 5.97 Å². The number of ether oxygens (including phenoxy) is 2. The van der Waals surface area contributed by atoms with E-state index in [1.807, 2.05) is 0 Å². The smallest absolute Gasteiger partial charge is 0.305 e. The maximum Gasteiger partial charge on any atom is 0.305 e. The lowest BCUT2D eigenvalue weighted by atomic mass is 10.1. The fourth-order valence-electron chi connectivity index (χ4n) is 3.88. The number of carbonyl (C=O) groups excluding carboxylic acids is 1. The first kappa shape index (κ1) is 32.1. The van der Waals surface area contributed by atoms with Gasteiger partial charge in [-0.05, 0) is 38.5 Å². The first-order chi connectivity index (χ1) is 16.2. The normalized spacial score (nSPS) is 12.5. The molecular weight excluding hydrogens is 412 g/mol. The second-order valence-corrected chi connectivity index (χ2v) is 9.46. The minimum Gasteiger partial charge on any atom is -0.463 e. The Bertz CT molecular complexity index is 422. The Morgan fingerprint density at radius 1 is 0.697 bits per heavy atom. The molecule has 196 valence electrons. The third kappa shape index (κ3) is 25.6. The van der Waals surface area contributed by atoms with Crippen molar-refractivity contribution >= 4 is 5.97 Å². The van der Waals surface area contributed by atoms with E-state index in [0.717, 1.165) is 25.7 Å². The van der Waals surface area contributed by atoms with Crippen LogP contribution in [0.1, 0.15) is 142 Å². The molecule has 0 saturated heterocycles. The van der Waals surface area contributed by atoms with E-state index in [1.54, 1.807) is 0 Å². The number of hydrogen-bond acceptors (Lipinski definition) is 4. The highest BCUT2D eigenvalue weighted by molar-refractivity contribution is 5.69. The van der Waals surface area contributed by atoms with Gasteiger partial charge in [0.2, 0.25) is 0 Å². The summed E-state index contributed by atoms with van der Waals surface area (Å²) >= 11 is 0. The van der Waals surface area contributed by atoms with Crippen LogP contribution in [0, 0.1) is 0 Å². The fraction of sp³-hybridized carbons (Fsp3) is 0.897. The summed E-state index contributed by atoms with van der Waals surface area (Å²) in [5.74, 6) is -0.172. The van der Waals surface area contributed by atoms with Crippen LogP contribution < -0.4 is 0 Å². The van der Waals surface area contributed by atoms with Crippen molar-refractivity contribution in [2.45, 2.75) is 148 Å². The molecule has 33 heavy (non-hydrogen) atoms. The van der Waals surface area contributed by atoms with E-state index in [9.17, 15) is 9.90 Å². The maximum absolute atomic E-state index is 11.9. The number of carbonyl (C=O) groups is 1. The van der Waals surface area contributed by atoms with Gasteiger partial charge < -0.3 is 14.6 Å². The molecule has 0 spiro atoms. The number of aliphatic hydroxyl groups is 1. The van der Waals surface area contributed by atoms with E-state index >= 15 is 0 Å². The quantitative estimate of drug-likeness (QED) is 0.0787. The summed E-state index contributed by atoms with van der Waals surface area (Å²) in [7, 11) is 0. The fourth-order valence-corrected chi connectivity index (χ4v) is 3.88. The van der Waals surface area contributed by atoms with Crippen LogP contribution >= 0.6 is 0 Å². The molecule has 0 aromatic carbocycles. The lowest BCUT2D eigenvalue weighted by Gasteiger charge is -2.15. The molecule has 0 aromatic rings. The summed E-state index contributed by atoms with van der Waals surface area (Å²) < 4.78 is 10.9. The van der Waals surface area contributed by atoms with Crippen LogP contribution in [0.4, 0.5) is 0 Å². The van der Waals surface area contributed by atoms with E-state index in [1.165, 1.54) is 96.3 Å². The van der Waals surface area contributed by atoms with Crippen LogP contribution in [-0.2, 0) is 14.3 Å². The predicted molar refractivity (Wildman–Crippen MR) is 141 cm³/mol. The molecule has 0 aliphatic carbocycles. The Kier molecular flexibility index (Phi) is 26.7. The van der Waals surface area contributed by atoms with Crippen molar-refractivity contribution in [1.29, 1.82) is 0 Å². The molecule has 0 radical (unpaired) electrons. The number of esters is 1. The molecular formula is C29H56O4. The Morgan fingerprint density at radius 3 is 1.73 bits per heavy atom. The zero-order chi connectivity index (χ0) is 24.2. The predicted octanol–water partition coefficient (Wildman–Crippen LogP) is 8.31. The van der Waals surface area contributed by atoms with Gasteiger partial charge in [0.25, 0.3) is 0 Å². The SMILES string of the molecule is CCCCCCCC/C=C\CCCCCCCC(=O)OCC(CO)OCCCCCCCC. The van der Waals surface area contributed by atoms with Crippen LogP contribution in [0.25, 0.3) is 0 Å². The van der Waals surface area contributed by atoms with Crippen LogP contribution in [0.3, 0.4) is 0 Å². The highest BCUT2D eigenvalue weighted by Crippen LogP contribution is 2.11. The molecule has 0 aromatic heterocycles. The van der Waals surface area contributed by atoms with E-state index in [2.05, 4.69) is 26.0 Å². The van der Waals surface area contributed by atoms with Gasteiger partial charge in [-0.3, -0.25) is 4.79 Å². The lowest BCUT2D eigenvalue weighted by Crippen LogP contribution is -2.26. The average Bonchev–Trinajstić information content (AvgIpc) is 2.82. The van der Waals surface area contributed by atoms with E-state index in [0.29, 0.717) is 13.0 Å². The molecule has 0 aliphatic heterocycles. The maximum atomic E-state index is 11.9. The molecule has 1 atom stereocenters. The zero-order valence-electron chi connectivity index (χ0n) is 22.2. The summed E-state index contributed by atoms with van der Waals surface area (Å²) in [5, 5.41) is 9.41. The van der Waals surface area contributed by atoms with Gasteiger partial charge in [-0.25, -0.2) is 0 Å². The van der Waals surface area contributed by atoms with E-state index in [4.69, 9.17) is 9.47 Å². The van der Waals surface area contributed by atoms with Crippen molar-refractivity contribution in [2.75, 3.05) is 19.8 Å². The Hall–Kier alpha value is -0.870. The molecule has 1 unspecified atom stereocenters. The third-order valence-electron chi connectivity index (χ3n) is 6.13. The minimum atomic E-state index is -0.390. The van der Waals surface area contributed by atoms with Crippen LogP contribution in [0.2, 0.25) is 0 Å². The largest absolute Gasteiger partial charge is 0.463 e. The third-order valence-corrected chi connectivity index (χ3v) is 6.13. The first-order valence-electron chi connectivity index (χ1n) is 14.3. The van der Waals surface area contributed by atoms with Gasteiger partial charge in [-0.15, -0.1) is 0 Å². The Morgan fingerprint density at radius 2 is 1.18 bits per heavy atom. The highest BCUT2D eigenvalue weighted by atomic mass is 16.6. The molecule has 0 bridgehead atoms. The number of unbranched alkanes of at least 4 members (excludes halogenated alkanes) is 16. The molecule has 1 N–H and O–H groups in total. The standard InChI is InChI=1S/C29H56O4/c1-3-5-7-9-11-12-13-14-15-16-17-18-19-20-22-24-29(31)33-27-28(26-30)32-25-23-21-10-8-6-4-2/h14-15,28,30H,3-13,16-27H2,1-2H3/b15-14-. The van der Waals surface area contributed by atoms with Crippen molar-refractivity contribution in [2.24, 2.45) is 0 Å². The van der Waals surface area contributed by atoms with Crippen LogP contribution in [0.5, 0.6) is 0 Å². The molecule has 0 saturated carbocycles. The highest BCUT2D eigenvalue weighted by Gasteiger charge is 2.11. The lowest BCUT2D eigenvalue weighted by molar-refractivity contribution is -0.149. The minimum absolute atomic E-state index is 0.101. The second-order valence-electron chi connectivity index (χ2n) is 9.46. The Labute approximate surface area is 205 Å². The molecule has 0 rings (SSSR count). The number of hydrogen-bond donors (Lipinski definition) is 1. The molecule has 4 nitrogen and oxygen atoms in total. The van der Waals surface area contributed by atoms with Gasteiger partial charge in [0, 0.05) is 13.0 Å². The average molecular weight is 469 g/mol. The number of rotatable bonds is 26. The van der Waals surface area contributed by atoms with E-state index < -0.39 is 6.10 Å². The van der Waals surface area contributed by atoms with Crippen molar-refractivity contribution in [1.82, 2.24) is 0 Å². The van der Waals surface area contributed by atoms with Crippen molar-refractivity contribution in [3.05, 3.63) is 12.2 Å². The molecule has 0 heterocycles. The van der Waals surface area contributed by atoms with Crippen LogP contribution in [-0.4, -0.2) is 37.0 Å². The Balaban J connectivity index is 3.44. The molecule has 0 amide bonds. The van der Waals surface area contributed by atoms with Gasteiger partial charge in [0.1, 0.15) is 12.7 Å². The number of allylic oxidation sites excluding steroid dienone is 2. The first-order valence-corrected chi connectivity index (χ1v) is 14.3. The second kappa shape index (κ2) is 27.4. The van der Waals surface area contributed by atoms with E-state index in [-0.39, 0.29) is 19.2 Å². The zero-order valence-corrected chi connectivity index (χ0v) is 22.2.